The Bertz CT molecular complexity index is 354. The zero-order valence-corrected chi connectivity index (χ0v) is 9.70. The van der Waals surface area contributed by atoms with Gasteiger partial charge in [0.25, 0.3) is 0 Å². The third kappa shape index (κ3) is 4.40. The Hall–Kier alpha value is -1.64. The van der Waals surface area contributed by atoms with Gasteiger partial charge in [-0.1, -0.05) is 0 Å². The topological polar surface area (TPSA) is 41.6 Å². The molecule has 80 valence electrons. The summed E-state index contributed by atoms with van der Waals surface area (Å²) < 4.78 is 0. The van der Waals surface area contributed by atoms with E-state index >= 15 is 0 Å². The Kier molecular flexibility index (Phi) is 4.03. The van der Waals surface area contributed by atoms with E-state index in [4.69, 9.17) is 0 Å². The van der Waals surface area contributed by atoms with Crippen molar-refractivity contribution in [3.63, 3.8) is 0 Å². The molecular weight excluding hydrogens is 186 g/mol. The summed E-state index contributed by atoms with van der Waals surface area (Å²) in [4.78, 5) is 4.23. The van der Waals surface area contributed by atoms with Gasteiger partial charge in [0.1, 0.15) is 0 Å². The third-order valence-corrected chi connectivity index (χ3v) is 1.87. The summed E-state index contributed by atoms with van der Waals surface area (Å²) in [5.41, 5.74) is 4.54. The van der Waals surface area contributed by atoms with Crippen LogP contribution in [0.1, 0.15) is 22.6 Å². The minimum absolute atomic E-state index is 1.04. The lowest BCUT2D eigenvalue weighted by molar-refractivity contribution is 1.05. The van der Waals surface area contributed by atoms with Crippen LogP contribution >= 0.6 is 0 Å². The Balaban J connectivity index is 0.000000162. The van der Waals surface area contributed by atoms with Gasteiger partial charge in [0.05, 0.1) is 5.69 Å². The number of aromatic nitrogens is 3. The molecule has 2 heterocycles. The highest BCUT2D eigenvalue weighted by atomic mass is 15.1. The van der Waals surface area contributed by atoms with Crippen LogP contribution in [0.3, 0.4) is 0 Å². The number of H-pyrrole nitrogens is 1. The Labute approximate surface area is 90.6 Å². The Morgan fingerprint density at radius 3 is 1.80 bits per heavy atom. The van der Waals surface area contributed by atoms with Crippen molar-refractivity contribution < 1.29 is 0 Å². The van der Waals surface area contributed by atoms with Gasteiger partial charge in [0, 0.05) is 17.6 Å². The fourth-order valence-electron chi connectivity index (χ4n) is 1.38. The second-order valence-corrected chi connectivity index (χ2v) is 3.64. The van der Waals surface area contributed by atoms with E-state index in [9.17, 15) is 0 Å². The highest BCUT2D eigenvalue weighted by molar-refractivity contribution is 5.18. The molecule has 0 unspecified atom stereocenters. The van der Waals surface area contributed by atoms with Crippen molar-refractivity contribution in [2.75, 3.05) is 0 Å². The van der Waals surface area contributed by atoms with Crippen LogP contribution in [0, 0.1) is 27.7 Å². The van der Waals surface area contributed by atoms with E-state index in [0.29, 0.717) is 0 Å². The van der Waals surface area contributed by atoms with Gasteiger partial charge in [-0.2, -0.15) is 5.10 Å². The average molecular weight is 203 g/mol. The first-order chi connectivity index (χ1) is 7.08. The second-order valence-electron chi connectivity index (χ2n) is 3.64. The number of nitrogens with zero attached hydrogens (tertiary/aromatic N) is 2. The molecule has 0 bridgehead atoms. The molecule has 0 radical (unpaired) electrons. The van der Waals surface area contributed by atoms with Crippen LogP contribution in [-0.2, 0) is 0 Å². The van der Waals surface area contributed by atoms with E-state index in [1.54, 1.807) is 6.20 Å². The van der Waals surface area contributed by atoms with Gasteiger partial charge in [-0.05, 0) is 51.5 Å². The van der Waals surface area contributed by atoms with Crippen LogP contribution in [0.25, 0.3) is 0 Å². The van der Waals surface area contributed by atoms with Crippen molar-refractivity contribution in [1.29, 1.82) is 0 Å². The van der Waals surface area contributed by atoms with Crippen LogP contribution in [0.2, 0.25) is 0 Å². The maximum atomic E-state index is 4.23. The number of nitrogens with one attached hydrogen (secondary N) is 1. The first-order valence-electron chi connectivity index (χ1n) is 4.96. The molecular formula is C12H17N3. The average Bonchev–Trinajstić information content (AvgIpc) is 2.54. The molecule has 0 spiro atoms. The van der Waals surface area contributed by atoms with Crippen LogP contribution in [-0.4, -0.2) is 15.2 Å². The van der Waals surface area contributed by atoms with Gasteiger partial charge in [-0.15, -0.1) is 0 Å². The standard InChI is InChI=1S/C8H11N.C4H6N2/c1-6-4-7(2)9-8(3)5-6;1-4-2-3-5-6-4/h4-5H,1-3H3;2-3H,1H3,(H,5,6). The largest absolute Gasteiger partial charge is 0.285 e. The molecule has 2 aromatic heterocycles. The van der Waals surface area contributed by atoms with Crippen molar-refractivity contribution in [3.05, 3.63) is 47.0 Å². The highest BCUT2D eigenvalue weighted by Gasteiger charge is 1.88. The number of hydrogen-bond acceptors (Lipinski definition) is 2. The predicted octanol–water partition coefficient (Wildman–Crippen LogP) is 2.72. The summed E-state index contributed by atoms with van der Waals surface area (Å²) in [5.74, 6) is 0. The Morgan fingerprint density at radius 1 is 0.933 bits per heavy atom. The van der Waals surface area contributed by atoms with Crippen LogP contribution in [0.5, 0.6) is 0 Å². The van der Waals surface area contributed by atoms with Gasteiger partial charge in [0.15, 0.2) is 0 Å². The molecule has 0 aliphatic carbocycles. The summed E-state index contributed by atoms with van der Waals surface area (Å²) in [6, 6.07) is 6.07. The van der Waals surface area contributed by atoms with E-state index in [1.807, 2.05) is 26.8 Å². The maximum absolute atomic E-state index is 4.23. The maximum Gasteiger partial charge on any atom is 0.0591 e. The monoisotopic (exact) mass is 203 g/mol. The molecule has 2 aromatic rings. The third-order valence-electron chi connectivity index (χ3n) is 1.87. The van der Waals surface area contributed by atoms with E-state index in [0.717, 1.165) is 17.1 Å². The molecule has 0 saturated carbocycles. The molecule has 0 atom stereocenters. The summed E-state index contributed by atoms with van der Waals surface area (Å²) in [7, 11) is 0. The number of pyridine rings is 1. The van der Waals surface area contributed by atoms with E-state index in [2.05, 4.69) is 34.2 Å². The quantitative estimate of drug-likeness (QED) is 0.715. The van der Waals surface area contributed by atoms with Crippen molar-refractivity contribution in [2.45, 2.75) is 27.7 Å². The molecule has 2 rings (SSSR count). The number of hydrogen-bond donors (Lipinski definition) is 1. The first kappa shape index (κ1) is 11.4. The van der Waals surface area contributed by atoms with Gasteiger partial charge < -0.3 is 0 Å². The minimum atomic E-state index is 1.04. The lowest BCUT2D eigenvalue weighted by atomic mass is 10.2. The fraction of sp³-hybridized carbons (Fsp3) is 0.333. The second kappa shape index (κ2) is 5.29. The molecule has 0 aliphatic rings. The van der Waals surface area contributed by atoms with Gasteiger partial charge >= 0.3 is 0 Å². The smallest absolute Gasteiger partial charge is 0.0591 e. The van der Waals surface area contributed by atoms with Gasteiger partial charge in [0.2, 0.25) is 0 Å². The molecule has 0 aromatic carbocycles. The molecule has 1 N–H and O–H groups in total. The van der Waals surface area contributed by atoms with Crippen LogP contribution in [0.15, 0.2) is 24.4 Å². The zero-order valence-electron chi connectivity index (χ0n) is 9.70. The highest BCUT2D eigenvalue weighted by Crippen LogP contribution is 2.01. The Morgan fingerprint density at radius 2 is 1.53 bits per heavy atom. The van der Waals surface area contributed by atoms with Crippen molar-refractivity contribution in [3.8, 4) is 0 Å². The molecule has 0 amide bonds. The lowest BCUT2D eigenvalue weighted by Gasteiger charge is -1.96. The number of aromatic amines is 1. The molecule has 15 heavy (non-hydrogen) atoms. The van der Waals surface area contributed by atoms with Crippen LogP contribution in [0.4, 0.5) is 0 Å². The SMILES string of the molecule is Cc1cc(C)nc(C)c1.Cc1cc[nH]n1. The molecule has 3 nitrogen and oxygen atoms in total. The van der Waals surface area contributed by atoms with Gasteiger partial charge in [-0.25, -0.2) is 0 Å². The first-order valence-corrected chi connectivity index (χ1v) is 4.96. The lowest BCUT2D eigenvalue weighted by Crippen LogP contribution is -1.85. The van der Waals surface area contributed by atoms with Crippen molar-refractivity contribution in [2.24, 2.45) is 0 Å². The molecule has 0 saturated heterocycles. The fourth-order valence-corrected chi connectivity index (χ4v) is 1.38. The molecule has 0 fully saturated rings. The predicted molar refractivity (Wildman–Crippen MR) is 61.8 cm³/mol. The van der Waals surface area contributed by atoms with E-state index < -0.39 is 0 Å². The van der Waals surface area contributed by atoms with E-state index in [-0.39, 0.29) is 0 Å². The summed E-state index contributed by atoms with van der Waals surface area (Å²) in [6.45, 7) is 8.05. The summed E-state index contributed by atoms with van der Waals surface area (Å²) in [6.07, 6.45) is 1.80. The van der Waals surface area contributed by atoms with E-state index in [1.165, 1.54) is 5.56 Å². The normalized spacial score (nSPS) is 9.33. The van der Waals surface area contributed by atoms with Gasteiger partial charge in [-0.3, -0.25) is 10.1 Å². The molecule has 0 aliphatic heterocycles. The summed E-state index contributed by atoms with van der Waals surface area (Å²) >= 11 is 0. The van der Waals surface area contributed by atoms with Crippen molar-refractivity contribution in [1.82, 2.24) is 15.2 Å². The molecule has 3 heteroatoms. The summed E-state index contributed by atoms with van der Waals surface area (Å²) in [5, 5.41) is 6.47. The zero-order chi connectivity index (χ0) is 11.3. The number of aryl methyl sites for hydroxylation is 4. The van der Waals surface area contributed by atoms with Crippen molar-refractivity contribution >= 4 is 0 Å². The van der Waals surface area contributed by atoms with Crippen LogP contribution < -0.4 is 0 Å². The number of rotatable bonds is 0. The minimum Gasteiger partial charge on any atom is -0.285 e.